The molecule has 2 rings (SSSR count). The Labute approximate surface area is 166 Å². The molecular formula is C22H30BrNO2. The molecule has 4 heteroatoms. The fourth-order valence-electron chi connectivity index (χ4n) is 2.66. The molecule has 0 unspecified atom stereocenters. The molecule has 0 atom stereocenters. The summed E-state index contributed by atoms with van der Waals surface area (Å²) < 4.78 is 12.9. The van der Waals surface area contributed by atoms with E-state index in [1.165, 1.54) is 30.4 Å². The second-order valence-electron chi connectivity index (χ2n) is 6.48. The van der Waals surface area contributed by atoms with Gasteiger partial charge in [0.25, 0.3) is 0 Å². The molecule has 0 saturated heterocycles. The fraction of sp³-hybridized carbons (Fsp3) is 0.455. The van der Waals surface area contributed by atoms with Crippen LogP contribution in [0.2, 0.25) is 0 Å². The lowest BCUT2D eigenvalue weighted by Gasteiger charge is -2.15. The summed E-state index contributed by atoms with van der Waals surface area (Å²) in [5.74, 6) is 1.57. The van der Waals surface area contributed by atoms with Gasteiger partial charge in [-0.3, -0.25) is 0 Å². The minimum atomic E-state index is 0.529. The minimum Gasteiger partial charge on any atom is -0.490 e. The van der Waals surface area contributed by atoms with Crippen molar-refractivity contribution in [1.29, 1.82) is 0 Å². The Kier molecular flexibility index (Phi) is 8.99. The molecule has 0 saturated carbocycles. The first-order valence-corrected chi connectivity index (χ1v) is 10.3. The molecule has 0 amide bonds. The quantitative estimate of drug-likeness (QED) is 0.451. The molecule has 1 N–H and O–H groups in total. The van der Waals surface area contributed by atoms with E-state index in [9.17, 15) is 0 Å². The van der Waals surface area contributed by atoms with Crippen LogP contribution in [0.25, 0.3) is 0 Å². The molecular weight excluding hydrogens is 390 g/mol. The summed E-state index contributed by atoms with van der Waals surface area (Å²) in [7, 11) is 0. The Morgan fingerprint density at radius 2 is 1.69 bits per heavy atom. The predicted molar refractivity (Wildman–Crippen MR) is 112 cm³/mol. The van der Waals surface area contributed by atoms with Crippen molar-refractivity contribution in [1.82, 2.24) is 5.32 Å². The summed E-state index contributed by atoms with van der Waals surface area (Å²) in [5, 5.41) is 3.50. The van der Waals surface area contributed by atoms with Crippen LogP contribution in [0.3, 0.4) is 0 Å². The van der Waals surface area contributed by atoms with Gasteiger partial charge in [0.05, 0.1) is 6.61 Å². The standard InChI is InChI=1S/C22H30BrNO2/c1-4-6-7-12-24-15-19-13-21(25-5-2)22(14-20(19)23)26-16-18-10-8-17(3)9-11-18/h8-11,13-14,24H,4-7,12,15-16H2,1-3H3. The van der Waals surface area contributed by atoms with Gasteiger partial charge in [-0.05, 0) is 50.1 Å². The third-order valence-corrected chi connectivity index (χ3v) is 4.94. The summed E-state index contributed by atoms with van der Waals surface area (Å²) in [6, 6.07) is 12.5. The van der Waals surface area contributed by atoms with Gasteiger partial charge in [-0.2, -0.15) is 0 Å². The number of hydrogen-bond acceptors (Lipinski definition) is 3. The van der Waals surface area contributed by atoms with E-state index >= 15 is 0 Å². The highest BCUT2D eigenvalue weighted by Gasteiger charge is 2.11. The van der Waals surface area contributed by atoms with Crippen LogP contribution in [0.4, 0.5) is 0 Å². The fourth-order valence-corrected chi connectivity index (χ4v) is 3.12. The molecule has 0 aliphatic heterocycles. The van der Waals surface area contributed by atoms with Crippen molar-refractivity contribution in [3.63, 3.8) is 0 Å². The summed E-state index contributed by atoms with van der Waals surface area (Å²) in [5.41, 5.74) is 3.59. The van der Waals surface area contributed by atoms with E-state index in [0.717, 1.165) is 34.6 Å². The molecule has 142 valence electrons. The molecule has 0 radical (unpaired) electrons. The molecule has 0 heterocycles. The van der Waals surface area contributed by atoms with Crippen molar-refractivity contribution in [2.24, 2.45) is 0 Å². The van der Waals surface area contributed by atoms with Gasteiger partial charge in [0.2, 0.25) is 0 Å². The Balaban J connectivity index is 2.03. The van der Waals surface area contributed by atoms with Gasteiger partial charge in [0.1, 0.15) is 6.61 Å². The highest BCUT2D eigenvalue weighted by atomic mass is 79.9. The zero-order valence-corrected chi connectivity index (χ0v) is 17.7. The maximum atomic E-state index is 6.03. The van der Waals surface area contributed by atoms with E-state index in [4.69, 9.17) is 9.47 Å². The van der Waals surface area contributed by atoms with Crippen LogP contribution in [0.1, 0.15) is 49.8 Å². The summed E-state index contributed by atoms with van der Waals surface area (Å²) in [6.07, 6.45) is 3.72. The summed E-state index contributed by atoms with van der Waals surface area (Å²) >= 11 is 3.68. The van der Waals surface area contributed by atoms with Crippen molar-refractivity contribution >= 4 is 15.9 Å². The highest BCUT2D eigenvalue weighted by molar-refractivity contribution is 9.10. The first-order valence-electron chi connectivity index (χ1n) is 9.48. The van der Waals surface area contributed by atoms with Crippen LogP contribution in [0.5, 0.6) is 11.5 Å². The molecule has 2 aromatic rings. The van der Waals surface area contributed by atoms with Gasteiger partial charge in [-0.25, -0.2) is 0 Å². The van der Waals surface area contributed by atoms with Gasteiger partial charge in [-0.15, -0.1) is 0 Å². The predicted octanol–water partition coefficient (Wildman–Crippen LogP) is 6.02. The Morgan fingerprint density at radius 1 is 0.962 bits per heavy atom. The van der Waals surface area contributed by atoms with Crippen LogP contribution < -0.4 is 14.8 Å². The molecule has 2 aromatic carbocycles. The van der Waals surface area contributed by atoms with Crippen molar-refractivity contribution < 1.29 is 9.47 Å². The first kappa shape index (κ1) is 20.8. The van der Waals surface area contributed by atoms with Crippen molar-refractivity contribution in [3.8, 4) is 11.5 Å². The largest absolute Gasteiger partial charge is 0.490 e. The Hall–Kier alpha value is -1.52. The monoisotopic (exact) mass is 419 g/mol. The number of unbranched alkanes of at least 4 members (excludes halogenated alkanes) is 2. The molecule has 0 aliphatic rings. The highest BCUT2D eigenvalue weighted by Crippen LogP contribution is 2.34. The van der Waals surface area contributed by atoms with Gasteiger partial charge >= 0.3 is 0 Å². The molecule has 26 heavy (non-hydrogen) atoms. The average Bonchev–Trinajstić information content (AvgIpc) is 2.64. The van der Waals surface area contributed by atoms with Gasteiger partial charge in [0, 0.05) is 11.0 Å². The van der Waals surface area contributed by atoms with Crippen LogP contribution in [0.15, 0.2) is 40.9 Å². The molecule has 0 bridgehead atoms. The maximum Gasteiger partial charge on any atom is 0.162 e. The molecule has 0 fully saturated rings. The van der Waals surface area contributed by atoms with E-state index in [1.807, 2.05) is 13.0 Å². The van der Waals surface area contributed by atoms with Crippen molar-refractivity contribution in [3.05, 3.63) is 57.6 Å². The van der Waals surface area contributed by atoms with E-state index in [2.05, 4.69) is 65.4 Å². The lowest BCUT2D eigenvalue weighted by Crippen LogP contribution is -2.15. The first-order chi connectivity index (χ1) is 12.6. The number of hydrogen-bond donors (Lipinski definition) is 1. The zero-order valence-electron chi connectivity index (χ0n) is 16.1. The number of halogens is 1. The second kappa shape index (κ2) is 11.2. The zero-order chi connectivity index (χ0) is 18.8. The topological polar surface area (TPSA) is 30.5 Å². The molecule has 0 spiro atoms. The molecule has 3 nitrogen and oxygen atoms in total. The normalized spacial score (nSPS) is 10.8. The summed E-state index contributed by atoms with van der Waals surface area (Å²) in [6.45, 7) is 9.31. The average molecular weight is 420 g/mol. The van der Waals surface area contributed by atoms with Gasteiger partial charge < -0.3 is 14.8 Å². The van der Waals surface area contributed by atoms with Crippen LogP contribution >= 0.6 is 15.9 Å². The van der Waals surface area contributed by atoms with Crippen LogP contribution in [-0.2, 0) is 13.2 Å². The third-order valence-electron chi connectivity index (χ3n) is 4.20. The Morgan fingerprint density at radius 3 is 2.38 bits per heavy atom. The molecule has 0 aromatic heterocycles. The van der Waals surface area contributed by atoms with Gasteiger partial charge in [0.15, 0.2) is 11.5 Å². The lowest BCUT2D eigenvalue weighted by molar-refractivity contribution is 0.269. The molecule has 0 aliphatic carbocycles. The number of rotatable bonds is 11. The van der Waals surface area contributed by atoms with E-state index in [1.54, 1.807) is 0 Å². The second-order valence-corrected chi connectivity index (χ2v) is 7.34. The number of benzene rings is 2. The van der Waals surface area contributed by atoms with E-state index < -0.39 is 0 Å². The van der Waals surface area contributed by atoms with Crippen LogP contribution in [-0.4, -0.2) is 13.2 Å². The lowest BCUT2D eigenvalue weighted by atomic mass is 10.1. The van der Waals surface area contributed by atoms with Crippen molar-refractivity contribution in [2.75, 3.05) is 13.2 Å². The third kappa shape index (κ3) is 6.65. The smallest absolute Gasteiger partial charge is 0.162 e. The van der Waals surface area contributed by atoms with Crippen molar-refractivity contribution in [2.45, 2.75) is 53.2 Å². The Bertz CT molecular complexity index is 671. The van der Waals surface area contributed by atoms with E-state index in [0.29, 0.717) is 13.2 Å². The van der Waals surface area contributed by atoms with Crippen LogP contribution in [0, 0.1) is 6.92 Å². The minimum absolute atomic E-state index is 0.529. The summed E-state index contributed by atoms with van der Waals surface area (Å²) in [4.78, 5) is 0. The number of aryl methyl sites for hydroxylation is 1. The maximum absolute atomic E-state index is 6.03. The number of nitrogens with one attached hydrogen (secondary N) is 1. The van der Waals surface area contributed by atoms with E-state index in [-0.39, 0.29) is 0 Å². The van der Waals surface area contributed by atoms with Gasteiger partial charge in [-0.1, -0.05) is 65.5 Å². The number of ether oxygens (including phenoxy) is 2. The SMILES string of the molecule is CCCCCNCc1cc(OCC)c(OCc2ccc(C)cc2)cc1Br.